The van der Waals surface area contributed by atoms with Gasteiger partial charge < -0.3 is 14.8 Å². The fourth-order valence-corrected chi connectivity index (χ4v) is 2.48. The zero-order valence-electron chi connectivity index (χ0n) is 12.6. The fourth-order valence-electron chi connectivity index (χ4n) is 1.85. The van der Waals surface area contributed by atoms with Crippen LogP contribution in [0.15, 0.2) is 53.4 Å². The molecule has 1 amide bonds. The minimum atomic E-state index is -4.44. The number of alkyl halides is 3. The van der Waals surface area contributed by atoms with Gasteiger partial charge in [-0.25, -0.2) is 0 Å². The quantitative estimate of drug-likeness (QED) is 0.782. The maximum Gasteiger partial charge on any atom is 0.446 e. The molecule has 2 rings (SSSR count). The molecule has 0 saturated carbocycles. The van der Waals surface area contributed by atoms with E-state index in [0.29, 0.717) is 11.5 Å². The molecule has 8 heteroatoms. The predicted octanol–water partition coefficient (Wildman–Crippen LogP) is 4.32. The molecule has 128 valence electrons. The Labute approximate surface area is 141 Å². The normalized spacial score (nSPS) is 11.0. The summed E-state index contributed by atoms with van der Waals surface area (Å²) < 4.78 is 48.0. The number of nitrogens with one attached hydrogen (secondary N) is 1. The predicted molar refractivity (Wildman–Crippen MR) is 85.5 cm³/mol. The number of halogens is 3. The Bertz CT molecular complexity index is 707. The minimum Gasteiger partial charge on any atom is -0.493 e. The van der Waals surface area contributed by atoms with Crippen LogP contribution in [0.1, 0.15) is 0 Å². The van der Waals surface area contributed by atoms with Gasteiger partial charge in [-0.2, -0.15) is 13.2 Å². The molecule has 0 atom stereocenters. The number of hydrogen-bond donors (Lipinski definition) is 1. The molecular formula is C16H14F3NO3S. The highest BCUT2D eigenvalue weighted by atomic mass is 32.2. The molecule has 2 aromatic rings. The average Bonchev–Trinajstić information content (AvgIpc) is 2.53. The number of anilines is 1. The van der Waals surface area contributed by atoms with Crippen molar-refractivity contribution in [3.05, 3.63) is 48.5 Å². The van der Waals surface area contributed by atoms with E-state index in [-0.39, 0.29) is 29.0 Å². The number of hydrogen-bond acceptors (Lipinski definition) is 4. The SMILES string of the molecule is COc1ccccc1OCC(=O)Nc1ccccc1SC(F)(F)F. The Hall–Kier alpha value is -2.35. The van der Waals surface area contributed by atoms with Crippen LogP contribution in [0.25, 0.3) is 0 Å². The van der Waals surface area contributed by atoms with E-state index in [9.17, 15) is 18.0 Å². The zero-order valence-corrected chi connectivity index (χ0v) is 13.4. The number of ether oxygens (including phenoxy) is 2. The van der Waals surface area contributed by atoms with Crippen LogP contribution in [-0.4, -0.2) is 25.1 Å². The van der Waals surface area contributed by atoms with E-state index in [1.54, 1.807) is 24.3 Å². The van der Waals surface area contributed by atoms with E-state index in [1.807, 2.05) is 0 Å². The van der Waals surface area contributed by atoms with Crippen molar-refractivity contribution < 1.29 is 27.4 Å². The van der Waals surface area contributed by atoms with Gasteiger partial charge in [0.1, 0.15) is 0 Å². The first-order chi connectivity index (χ1) is 11.4. The lowest BCUT2D eigenvalue weighted by Crippen LogP contribution is -2.20. The third-order valence-corrected chi connectivity index (χ3v) is 3.62. The number of thioether (sulfide) groups is 1. The molecule has 0 aliphatic heterocycles. The van der Waals surface area contributed by atoms with E-state index in [0.717, 1.165) is 0 Å². The molecule has 0 radical (unpaired) electrons. The van der Waals surface area contributed by atoms with Crippen molar-refractivity contribution >= 4 is 23.4 Å². The lowest BCUT2D eigenvalue weighted by Gasteiger charge is -2.13. The van der Waals surface area contributed by atoms with Crippen LogP contribution in [0.3, 0.4) is 0 Å². The number of rotatable bonds is 6. The Morgan fingerprint density at radius 2 is 1.71 bits per heavy atom. The third kappa shape index (κ3) is 5.38. The lowest BCUT2D eigenvalue weighted by atomic mass is 10.3. The van der Waals surface area contributed by atoms with Gasteiger partial charge in [0.05, 0.1) is 12.8 Å². The standard InChI is InChI=1S/C16H14F3NO3S/c1-22-12-7-3-4-8-13(12)23-10-15(21)20-11-6-2-5-9-14(11)24-16(17,18)19/h2-9H,10H2,1H3,(H,20,21). The number of methoxy groups -OCH3 is 1. The molecule has 0 saturated heterocycles. The number of benzene rings is 2. The van der Waals surface area contributed by atoms with E-state index in [1.165, 1.54) is 31.4 Å². The van der Waals surface area contributed by atoms with Crippen molar-refractivity contribution in [1.29, 1.82) is 0 Å². The van der Waals surface area contributed by atoms with Crippen LogP contribution in [0.5, 0.6) is 11.5 Å². The largest absolute Gasteiger partial charge is 0.493 e. The molecule has 0 unspecified atom stereocenters. The van der Waals surface area contributed by atoms with Gasteiger partial charge in [0.15, 0.2) is 18.1 Å². The second kappa shape index (κ2) is 7.96. The van der Waals surface area contributed by atoms with Gasteiger partial charge in [-0.1, -0.05) is 24.3 Å². The number of para-hydroxylation sites is 3. The molecule has 1 N–H and O–H groups in total. The summed E-state index contributed by atoms with van der Waals surface area (Å²) in [7, 11) is 1.47. The molecule has 24 heavy (non-hydrogen) atoms. The summed E-state index contributed by atoms with van der Waals surface area (Å²) in [6, 6.07) is 12.4. The summed E-state index contributed by atoms with van der Waals surface area (Å²) >= 11 is -0.286. The average molecular weight is 357 g/mol. The summed E-state index contributed by atoms with van der Waals surface area (Å²) in [5.74, 6) is 0.252. The summed E-state index contributed by atoms with van der Waals surface area (Å²) in [6.07, 6.45) is 0. The molecule has 0 fully saturated rings. The van der Waals surface area contributed by atoms with E-state index in [2.05, 4.69) is 5.32 Å². The molecule has 0 heterocycles. The monoisotopic (exact) mass is 357 g/mol. The molecule has 0 aromatic heterocycles. The fraction of sp³-hybridized carbons (Fsp3) is 0.188. The second-order valence-electron chi connectivity index (χ2n) is 4.53. The smallest absolute Gasteiger partial charge is 0.446 e. The van der Waals surface area contributed by atoms with Crippen molar-refractivity contribution in [2.24, 2.45) is 0 Å². The number of carbonyl (C=O) groups excluding carboxylic acids is 1. The van der Waals surface area contributed by atoms with Crippen LogP contribution < -0.4 is 14.8 Å². The van der Waals surface area contributed by atoms with E-state index in [4.69, 9.17) is 9.47 Å². The second-order valence-corrected chi connectivity index (χ2v) is 5.64. The van der Waals surface area contributed by atoms with Gasteiger partial charge in [0, 0.05) is 4.90 Å². The molecule has 0 spiro atoms. The Balaban J connectivity index is 2.00. The van der Waals surface area contributed by atoms with Crippen LogP contribution >= 0.6 is 11.8 Å². The van der Waals surface area contributed by atoms with E-state index < -0.39 is 11.4 Å². The highest BCUT2D eigenvalue weighted by Crippen LogP contribution is 2.40. The molecule has 2 aromatic carbocycles. The Kier molecular flexibility index (Phi) is 5.97. The summed E-state index contributed by atoms with van der Waals surface area (Å²) in [5, 5.41) is 2.42. The highest BCUT2D eigenvalue weighted by molar-refractivity contribution is 8.00. The van der Waals surface area contributed by atoms with Crippen molar-refractivity contribution in [2.75, 3.05) is 19.0 Å². The summed E-state index contributed by atoms with van der Waals surface area (Å²) in [4.78, 5) is 11.8. The third-order valence-electron chi connectivity index (χ3n) is 2.81. The van der Waals surface area contributed by atoms with E-state index >= 15 is 0 Å². The lowest BCUT2D eigenvalue weighted by molar-refractivity contribution is -0.118. The molecule has 0 bridgehead atoms. The van der Waals surface area contributed by atoms with Gasteiger partial charge in [-0.15, -0.1) is 0 Å². The summed E-state index contributed by atoms with van der Waals surface area (Å²) in [5.41, 5.74) is -4.36. The highest BCUT2D eigenvalue weighted by Gasteiger charge is 2.30. The van der Waals surface area contributed by atoms with Gasteiger partial charge >= 0.3 is 5.51 Å². The van der Waals surface area contributed by atoms with Crippen LogP contribution in [0, 0.1) is 0 Å². The maximum atomic E-state index is 12.5. The first-order valence-electron chi connectivity index (χ1n) is 6.79. The van der Waals surface area contributed by atoms with Gasteiger partial charge in [0.2, 0.25) is 0 Å². The Morgan fingerprint density at radius 3 is 2.38 bits per heavy atom. The Morgan fingerprint density at radius 1 is 1.08 bits per heavy atom. The van der Waals surface area contributed by atoms with Gasteiger partial charge in [0.25, 0.3) is 5.91 Å². The van der Waals surface area contributed by atoms with Crippen molar-refractivity contribution in [3.8, 4) is 11.5 Å². The first kappa shape index (κ1) is 18.0. The molecule has 4 nitrogen and oxygen atoms in total. The maximum absolute atomic E-state index is 12.5. The summed E-state index contributed by atoms with van der Waals surface area (Å²) in [6.45, 7) is -0.356. The zero-order chi connectivity index (χ0) is 17.6. The first-order valence-corrected chi connectivity index (χ1v) is 7.61. The van der Waals surface area contributed by atoms with Crippen molar-refractivity contribution in [3.63, 3.8) is 0 Å². The number of carbonyl (C=O) groups is 1. The van der Waals surface area contributed by atoms with Gasteiger partial charge in [-0.05, 0) is 36.0 Å². The van der Waals surface area contributed by atoms with Crippen LogP contribution in [-0.2, 0) is 4.79 Å². The van der Waals surface area contributed by atoms with Gasteiger partial charge in [-0.3, -0.25) is 4.79 Å². The molecule has 0 aliphatic rings. The molecule has 0 aliphatic carbocycles. The van der Waals surface area contributed by atoms with Crippen LogP contribution in [0.2, 0.25) is 0 Å². The minimum absolute atomic E-state index is 0.0773. The molecular weight excluding hydrogens is 343 g/mol. The topological polar surface area (TPSA) is 47.6 Å². The number of amides is 1. The van der Waals surface area contributed by atoms with Crippen molar-refractivity contribution in [2.45, 2.75) is 10.4 Å². The van der Waals surface area contributed by atoms with Crippen LogP contribution in [0.4, 0.5) is 18.9 Å². The van der Waals surface area contributed by atoms with Crippen molar-refractivity contribution in [1.82, 2.24) is 0 Å².